The lowest BCUT2D eigenvalue weighted by atomic mass is 10.0. The lowest BCUT2D eigenvalue weighted by Gasteiger charge is -2.28. The average molecular weight is 589 g/mol. The van der Waals surface area contributed by atoms with Crippen LogP contribution in [0, 0.1) is 5.82 Å². The first-order chi connectivity index (χ1) is 19.5. The zero-order valence-electron chi connectivity index (χ0n) is 23.5. The van der Waals surface area contributed by atoms with Crippen molar-refractivity contribution in [3.63, 3.8) is 0 Å². The Bertz CT molecular complexity index is 1430. The molecule has 2 saturated heterocycles. The van der Waals surface area contributed by atoms with Gasteiger partial charge in [-0.1, -0.05) is 0 Å². The molecule has 1 aromatic carbocycles. The summed E-state index contributed by atoms with van der Waals surface area (Å²) < 4.78 is 41.6. The van der Waals surface area contributed by atoms with Crippen LogP contribution in [0.15, 0.2) is 41.4 Å². The predicted octanol–water partition coefficient (Wildman–Crippen LogP) is 4.25. The van der Waals surface area contributed by atoms with Crippen molar-refractivity contribution in [2.45, 2.75) is 55.9 Å². The van der Waals surface area contributed by atoms with Crippen LogP contribution in [0.4, 0.5) is 19.4 Å². The fourth-order valence-corrected chi connectivity index (χ4v) is 5.55. The van der Waals surface area contributed by atoms with Crippen LogP contribution in [-0.4, -0.2) is 88.4 Å². The molecule has 2 fully saturated rings. The first kappa shape index (κ1) is 29.1. The number of imidazole rings is 1. The van der Waals surface area contributed by atoms with Gasteiger partial charge in [0.25, 0.3) is 5.91 Å². The van der Waals surface area contributed by atoms with Gasteiger partial charge in [0.05, 0.1) is 38.0 Å². The third kappa shape index (κ3) is 6.72. The molecule has 0 radical (unpaired) electrons. The molecule has 4 heterocycles. The molecular formula is C28H34F2N6O4S. The normalized spacial score (nSPS) is 21.7. The molecule has 10 nitrogen and oxygen atoms in total. The Morgan fingerprint density at radius 3 is 2.76 bits per heavy atom. The lowest BCUT2D eigenvalue weighted by molar-refractivity contribution is 0.0237. The van der Waals surface area contributed by atoms with E-state index in [2.05, 4.69) is 15.4 Å². The van der Waals surface area contributed by atoms with Crippen LogP contribution >= 0.6 is 11.8 Å². The number of hydrogen-bond donors (Lipinski definition) is 1. The highest BCUT2D eigenvalue weighted by atomic mass is 32.2. The molecule has 0 aliphatic carbocycles. The number of ether oxygens (including phenoxy) is 2. The fourth-order valence-electron chi connectivity index (χ4n) is 5.07. The number of hydrogen-bond acceptors (Lipinski definition) is 8. The van der Waals surface area contributed by atoms with Gasteiger partial charge in [-0.15, -0.1) is 16.9 Å². The van der Waals surface area contributed by atoms with Crippen LogP contribution in [0.25, 0.3) is 5.65 Å². The Balaban J connectivity index is 1.36. The predicted molar refractivity (Wildman–Crippen MR) is 151 cm³/mol. The standard InChI is InChI=1S/C28H34F2N6O4S/c1-28(2,3)40-27(38)34-7-8-39-16-20(15-34)32-26(37)23-13-31-24-5-6-25(33-36(23)24)35-14-19(30)12-22(35)17-9-18(29)11-21(10-17)41-4/h5-6,9-11,13,19-20,22H,7-8,12,14-16H2,1-4H3,(H,32,37)/t19-,20?,22+/m0/s1. The molecule has 5 rings (SSSR count). The molecule has 13 heteroatoms. The number of nitrogens with zero attached hydrogens (tertiary/aromatic N) is 5. The number of thioether (sulfide) groups is 1. The highest BCUT2D eigenvalue weighted by Gasteiger charge is 2.35. The van der Waals surface area contributed by atoms with Gasteiger partial charge >= 0.3 is 6.09 Å². The summed E-state index contributed by atoms with van der Waals surface area (Å²) in [4.78, 5) is 34.4. The van der Waals surface area contributed by atoms with Crippen molar-refractivity contribution in [1.82, 2.24) is 24.8 Å². The number of rotatable bonds is 5. The van der Waals surface area contributed by atoms with Crippen LogP contribution in [0.2, 0.25) is 0 Å². The van der Waals surface area contributed by atoms with E-state index in [1.807, 2.05) is 12.3 Å². The molecule has 2 amide bonds. The number of halogens is 2. The number of fused-ring (bicyclic) bond motifs is 1. The molecule has 3 aromatic rings. The zero-order valence-corrected chi connectivity index (χ0v) is 24.3. The van der Waals surface area contributed by atoms with Crippen molar-refractivity contribution in [3.05, 3.63) is 53.6 Å². The molecule has 1 unspecified atom stereocenters. The lowest BCUT2D eigenvalue weighted by Crippen LogP contribution is -2.47. The van der Waals surface area contributed by atoms with Gasteiger partial charge in [-0.25, -0.2) is 23.1 Å². The quantitative estimate of drug-likeness (QED) is 0.442. The number of nitrogens with one attached hydrogen (secondary N) is 1. The van der Waals surface area contributed by atoms with Gasteiger partial charge in [0.1, 0.15) is 23.4 Å². The number of amides is 2. The molecule has 0 spiro atoms. The molecule has 1 N–H and O–H groups in total. The number of carbonyl (C=O) groups is 2. The zero-order chi connectivity index (χ0) is 29.3. The van der Waals surface area contributed by atoms with E-state index < -0.39 is 35.9 Å². The summed E-state index contributed by atoms with van der Waals surface area (Å²) in [5, 5.41) is 7.57. The van der Waals surface area contributed by atoms with Crippen LogP contribution in [-0.2, 0) is 9.47 Å². The fraction of sp³-hybridized carbons (Fsp3) is 0.500. The third-order valence-corrected chi connectivity index (χ3v) is 7.60. The maximum Gasteiger partial charge on any atom is 0.410 e. The Morgan fingerprint density at radius 2 is 2.00 bits per heavy atom. The number of anilines is 1. The van der Waals surface area contributed by atoms with E-state index in [0.717, 1.165) is 4.90 Å². The molecule has 0 bridgehead atoms. The molecule has 2 aliphatic heterocycles. The molecule has 220 valence electrons. The molecule has 41 heavy (non-hydrogen) atoms. The second-order valence-corrected chi connectivity index (χ2v) is 12.1. The number of benzene rings is 1. The summed E-state index contributed by atoms with van der Waals surface area (Å²) in [6.07, 6.45) is 1.89. The Morgan fingerprint density at radius 1 is 1.20 bits per heavy atom. The van der Waals surface area contributed by atoms with Gasteiger partial charge in [-0.3, -0.25) is 4.79 Å². The molecular weight excluding hydrogens is 554 g/mol. The van der Waals surface area contributed by atoms with E-state index in [-0.39, 0.29) is 37.6 Å². The number of aromatic nitrogens is 3. The van der Waals surface area contributed by atoms with Gasteiger partial charge in [0, 0.05) is 24.4 Å². The minimum absolute atomic E-state index is 0.0877. The molecule has 0 saturated carbocycles. The van der Waals surface area contributed by atoms with Gasteiger partial charge in [0.15, 0.2) is 11.3 Å². The molecule has 2 aliphatic rings. The Kier molecular flexibility index (Phi) is 8.37. The van der Waals surface area contributed by atoms with E-state index in [9.17, 15) is 18.4 Å². The van der Waals surface area contributed by atoms with Crippen molar-refractivity contribution in [2.75, 3.05) is 44.0 Å². The summed E-state index contributed by atoms with van der Waals surface area (Å²) in [6.45, 7) is 6.58. The third-order valence-electron chi connectivity index (χ3n) is 6.89. The largest absolute Gasteiger partial charge is 0.444 e. The van der Waals surface area contributed by atoms with Crippen LogP contribution < -0.4 is 10.2 Å². The van der Waals surface area contributed by atoms with E-state index in [1.54, 1.807) is 37.8 Å². The van der Waals surface area contributed by atoms with Gasteiger partial charge in [-0.2, -0.15) is 0 Å². The summed E-state index contributed by atoms with van der Waals surface area (Å²) in [5.74, 6) is -0.379. The smallest absolute Gasteiger partial charge is 0.410 e. The summed E-state index contributed by atoms with van der Waals surface area (Å²) in [6, 6.07) is 7.28. The van der Waals surface area contributed by atoms with Crippen LogP contribution in [0.5, 0.6) is 0 Å². The van der Waals surface area contributed by atoms with E-state index in [1.165, 1.54) is 39.5 Å². The van der Waals surface area contributed by atoms with E-state index >= 15 is 0 Å². The van der Waals surface area contributed by atoms with E-state index in [4.69, 9.17) is 9.47 Å². The topological polar surface area (TPSA) is 101 Å². The van der Waals surface area contributed by atoms with Crippen molar-refractivity contribution in [1.29, 1.82) is 0 Å². The maximum absolute atomic E-state index is 14.7. The summed E-state index contributed by atoms with van der Waals surface area (Å²) in [5.41, 5.74) is 0.640. The van der Waals surface area contributed by atoms with Crippen molar-refractivity contribution >= 4 is 35.2 Å². The average Bonchev–Trinajstić information content (AvgIpc) is 3.43. The Labute approximate surface area is 241 Å². The van der Waals surface area contributed by atoms with Gasteiger partial charge in [0.2, 0.25) is 0 Å². The first-order valence-electron chi connectivity index (χ1n) is 13.5. The van der Waals surface area contributed by atoms with Crippen molar-refractivity contribution < 1.29 is 27.8 Å². The molecule has 3 atom stereocenters. The number of carbonyl (C=O) groups excluding carboxylic acids is 2. The van der Waals surface area contributed by atoms with E-state index in [0.29, 0.717) is 30.2 Å². The first-order valence-corrected chi connectivity index (χ1v) is 14.7. The summed E-state index contributed by atoms with van der Waals surface area (Å²) in [7, 11) is 0. The summed E-state index contributed by atoms with van der Waals surface area (Å²) >= 11 is 1.42. The van der Waals surface area contributed by atoms with Crippen molar-refractivity contribution in [3.8, 4) is 0 Å². The maximum atomic E-state index is 14.7. The second kappa shape index (κ2) is 11.8. The Hall–Kier alpha value is -3.45. The second-order valence-electron chi connectivity index (χ2n) is 11.2. The monoisotopic (exact) mass is 588 g/mol. The highest BCUT2D eigenvalue weighted by molar-refractivity contribution is 7.98. The SMILES string of the molecule is CSc1cc(F)cc([C@H]2C[C@H](F)CN2c2ccc3ncc(C(=O)NC4COCCN(C(=O)OC(C)(C)C)C4)n3n2)c1. The minimum atomic E-state index is -1.12. The number of alkyl halides is 1. The van der Waals surface area contributed by atoms with Gasteiger partial charge < -0.3 is 24.6 Å². The van der Waals surface area contributed by atoms with Gasteiger partial charge in [-0.05, 0) is 62.9 Å². The minimum Gasteiger partial charge on any atom is -0.444 e. The van der Waals surface area contributed by atoms with Crippen LogP contribution in [0.3, 0.4) is 0 Å². The molecule has 2 aromatic heterocycles. The highest BCUT2D eigenvalue weighted by Crippen LogP contribution is 2.38. The van der Waals surface area contributed by atoms with Crippen LogP contribution in [0.1, 0.15) is 49.3 Å². The van der Waals surface area contributed by atoms with Crippen molar-refractivity contribution in [2.24, 2.45) is 0 Å².